The van der Waals surface area contributed by atoms with Gasteiger partial charge in [-0.2, -0.15) is 0 Å². The molecule has 0 aliphatic carbocycles. The first kappa shape index (κ1) is 15.1. The summed E-state index contributed by atoms with van der Waals surface area (Å²) in [5.74, 6) is -0.170. The average molecular weight is 398 g/mol. The highest BCUT2D eigenvalue weighted by Crippen LogP contribution is 2.25. The van der Waals surface area contributed by atoms with Crippen molar-refractivity contribution in [1.82, 2.24) is 0 Å². The molecule has 0 radical (unpaired) electrons. The van der Waals surface area contributed by atoms with Crippen LogP contribution in [-0.2, 0) is 0 Å². The molecule has 0 unspecified atom stereocenters. The molecule has 0 spiro atoms. The Kier molecular flexibility index (Phi) is 4.50. The number of nitrogens with two attached hydrogens (primary N) is 1. The van der Waals surface area contributed by atoms with Crippen molar-refractivity contribution in [1.29, 1.82) is 0 Å². The number of aryl methyl sites for hydroxylation is 1. The van der Waals surface area contributed by atoms with E-state index in [-0.39, 0.29) is 5.91 Å². The minimum absolute atomic E-state index is 0.170. The molecule has 0 aliphatic heterocycles. The van der Waals surface area contributed by atoms with Gasteiger partial charge in [-0.3, -0.25) is 4.79 Å². The van der Waals surface area contributed by atoms with Gasteiger partial charge in [-0.25, -0.2) is 0 Å². The van der Waals surface area contributed by atoms with Crippen LogP contribution in [0.25, 0.3) is 0 Å². The topological polar surface area (TPSA) is 55.1 Å². The molecule has 0 aromatic heterocycles. The number of benzene rings is 2. The molecule has 2 aromatic carbocycles. The molecule has 0 fully saturated rings. The van der Waals surface area contributed by atoms with Crippen molar-refractivity contribution < 1.29 is 4.79 Å². The van der Waals surface area contributed by atoms with Crippen molar-refractivity contribution in [3.05, 3.63) is 56.0 Å². The number of nitrogens with one attached hydrogen (secondary N) is 1. The molecule has 0 saturated carbocycles. The molecule has 2 rings (SSSR count). The van der Waals surface area contributed by atoms with Crippen LogP contribution < -0.4 is 11.1 Å². The number of carbonyl (C=O) groups excluding carboxylic acids is 1. The molecule has 104 valence electrons. The van der Waals surface area contributed by atoms with Crippen molar-refractivity contribution in [2.75, 3.05) is 11.1 Å². The van der Waals surface area contributed by atoms with Crippen LogP contribution in [0, 0.1) is 13.8 Å². The van der Waals surface area contributed by atoms with Gasteiger partial charge in [0.15, 0.2) is 0 Å². The van der Waals surface area contributed by atoms with Gasteiger partial charge >= 0.3 is 0 Å². The highest BCUT2D eigenvalue weighted by molar-refractivity contribution is 9.10. The molecule has 0 bridgehead atoms. The van der Waals surface area contributed by atoms with E-state index in [1.54, 1.807) is 12.1 Å². The first-order valence-electron chi connectivity index (χ1n) is 6.01. The van der Waals surface area contributed by atoms with Crippen molar-refractivity contribution in [3.63, 3.8) is 0 Å². The Balaban J connectivity index is 2.35. The predicted molar refractivity (Wildman–Crippen MR) is 90.1 cm³/mol. The maximum Gasteiger partial charge on any atom is 0.256 e. The van der Waals surface area contributed by atoms with Crippen LogP contribution >= 0.6 is 31.9 Å². The Morgan fingerprint density at radius 2 is 1.80 bits per heavy atom. The first-order valence-corrected chi connectivity index (χ1v) is 7.60. The predicted octanol–water partition coefficient (Wildman–Crippen LogP) is 4.66. The number of hydrogen-bond donors (Lipinski definition) is 2. The van der Waals surface area contributed by atoms with E-state index in [0.29, 0.717) is 11.3 Å². The minimum Gasteiger partial charge on any atom is -0.398 e. The number of amides is 1. The normalized spacial score (nSPS) is 10.4. The summed E-state index contributed by atoms with van der Waals surface area (Å²) < 4.78 is 1.71. The van der Waals surface area contributed by atoms with Gasteiger partial charge in [0, 0.05) is 25.9 Å². The summed E-state index contributed by atoms with van der Waals surface area (Å²) in [4.78, 5) is 12.4. The monoisotopic (exact) mass is 396 g/mol. The molecule has 0 saturated heterocycles. The standard InChI is InChI=1S/C15H14Br2N2O/c1-8-3-4-10(16)7-14(8)19-15(20)12-5-11(17)6-13(18)9(12)2/h3-7H,18H2,1-2H3,(H,19,20). The second-order valence-electron chi connectivity index (χ2n) is 4.58. The number of halogens is 2. The van der Waals surface area contributed by atoms with Gasteiger partial charge < -0.3 is 11.1 Å². The first-order chi connectivity index (χ1) is 9.38. The molecule has 20 heavy (non-hydrogen) atoms. The summed E-state index contributed by atoms with van der Waals surface area (Å²) in [6.45, 7) is 3.79. The number of rotatable bonds is 2. The van der Waals surface area contributed by atoms with E-state index < -0.39 is 0 Å². The van der Waals surface area contributed by atoms with E-state index in [4.69, 9.17) is 5.73 Å². The summed E-state index contributed by atoms with van der Waals surface area (Å²) in [6.07, 6.45) is 0. The summed E-state index contributed by atoms with van der Waals surface area (Å²) in [7, 11) is 0. The Labute approximate surface area is 134 Å². The second kappa shape index (κ2) is 5.97. The highest BCUT2D eigenvalue weighted by Gasteiger charge is 2.13. The molecule has 0 aliphatic rings. The SMILES string of the molecule is Cc1ccc(Br)cc1NC(=O)c1cc(Br)cc(N)c1C. The van der Waals surface area contributed by atoms with E-state index in [1.807, 2.05) is 32.0 Å². The molecule has 1 amide bonds. The van der Waals surface area contributed by atoms with Crippen LogP contribution in [0.2, 0.25) is 0 Å². The molecule has 2 aromatic rings. The Hall–Kier alpha value is -1.33. The van der Waals surface area contributed by atoms with Crippen molar-refractivity contribution >= 4 is 49.1 Å². The van der Waals surface area contributed by atoms with Crippen LogP contribution in [0.15, 0.2) is 39.3 Å². The summed E-state index contributed by atoms with van der Waals surface area (Å²) >= 11 is 6.76. The average Bonchev–Trinajstić information content (AvgIpc) is 2.38. The third-order valence-corrected chi connectivity index (χ3v) is 4.06. The van der Waals surface area contributed by atoms with Gasteiger partial charge in [0.05, 0.1) is 0 Å². The lowest BCUT2D eigenvalue weighted by molar-refractivity contribution is 0.102. The van der Waals surface area contributed by atoms with Gasteiger partial charge in [0.1, 0.15) is 0 Å². The Bertz CT molecular complexity index is 684. The molecule has 5 heteroatoms. The lowest BCUT2D eigenvalue weighted by Crippen LogP contribution is -2.15. The fraction of sp³-hybridized carbons (Fsp3) is 0.133. The lowest BCUT2D eigenvalue weighted by atomic mass is 10.1. The van der Waals surface area contributed by atoms with E-state index in [0.717, 1.165) is 25.8 Å². The van der Waals surface area contributed by atoms with Gasteiger partial charge in [0.25, 0.3) is 5.91 Å². The van der Waals surface area contributed by atoms with E-state index in [9.17, 15) is 4.79 Å². The fourth-order valence-electron chi connectivity index (χ4n) is 1.85. The number of hydrogen-bond acceptors (Lipinski definition) is 2. The van der Waals surface area contributed by atoms with Crippen molar-refractivity contribution in [3.8, 4) is 0 Å². The van der Waals surface area contributed by atoms with Gasteiger partial charge in [0.2, 0.25) is 0 Å². The number of nitrogen functional groups attached to an aromatic ring is 1. The maximum atomic E-state index is 12.4. The van der Waals surface area contributed by atoms with E-state index in [2.05, 4.69) is 37.2 Å². The highest BCUT2D eigenvalue weighted by atomic mass is 79.9. The maximum absolute atomic E-state index is 12.4. The van der Waals surface area contributed by atoms with Crippen LogP contribution in [0.4, 0.5) is 11.4 Å². The number of carbonyl (C=O) groups is 1. The molecular formula is C15H14Br2N2O. The fourth-order valence-corrected chi connectivity index (χ4v) is 2.69. The minimum atomic E-state index is -0.170. The van der Waals surface area contributed by atoms with E-state index in [1.165, 1.54) is 0 Å². The summed E-state index contributed by atoms with van der Waals surface area (Å²) in [5, 5.41) is 2.92. The van der Waals surface area contributed by atoms with Crippen LogP contribution in [-0.4, -0.2) is 5.91 Å². The van der Waals surface area contributed by atoms with Crippen LogP contribution in [0.3, 0.4) is 0 Å². The summed E-state index contributed by atoms with van der Waals surface area (Å²) in [5.41, 5.74) is 9.61. The third kappa shape index (κ3) is 3.22. The van der Waals surface area contributed by atoms with Gasteiger partial charge in [-0.05, 0) is 49.2 Å². The molecule has 0 atom stereocenters. The summed E-state index contributed by atoms with van der Waals surface area (Å²) in [6, 6.07) is 9.32. The van der Waals surface area contributed by atoms with Crippen LogP contribution in [0.1, 0.15) is 21.5 Å². The zero-order chi connectivity index (χ0) is 14.9. The lowest BCUT2D eigenvalue weighted by Gasteiger charge is -2.12. The van der Waals surface area contributed by atoms with Gasteiger partial charge in [-0.15, -0.1) is 0 Å². The van der Waals surface area contributed by atoms with Crippen LogP contribution in [0.5, 0.6) is 0 Å². The number of anilines is 2. The van der Waals surface area contributed by atoms with Gasteiger partial charge in [-0.1, -0.05) is 37.9 Å². The third-order valence-electron chi connectivity index (χ3n) is 3.11. The molecule has 3 N–H and O–H groups in total. The molecule has 0 heterocycles. The van der Waals surface area contributed by atoms with Crippen molar-refractivity contribution in [2.45, 2.75) is 13.8 Å². The smallest absolute Gasteiger partial charge is 0.256 e. The zero-order valence-electron chi connectivity index (χ0n) is 11.1. The quantitative estimate of drug-likeness (QED) is 0.723. The molecular weight excluding hydrogens is 384 g/mol. The second-order valence-corrected chi connectivity index (χ2v) is 6.41. The molecule has 3 nitrogen and oxygen atoms in total. The Morgan fingerprint density at radius 1 is 1.10 bits per heavy atom. The zero-order valence-corrected chi connectivity index (χ0v) is 14.3. The Morgan fingerprint density at radius 3 is 2.50 bits per heavy atom. The van der Waals surface area contributed by atoms with Crippen molar-refractivity contribution in [2.24, 2.45) is 0 Å². The van der Waals surface area contributed by atoms with E-state index >= 15 is 0 Å². The largest absolute Gasteiger partial charge is 0.398 e.